The zero-order chi connectivity index (χ0) is 20.6. The quantitative estimate of drug-likeness (QED) is 0.547. The molecule has 5 N–H and O–H groups in total. The van der Waals surface area contributed by atoms with E-state index in [0.717, 1.165) is 37.2 Å². The van der Waals surface area contributed by atoms with E-state index in [1.165, 1.54) is 0 Å². The molecule has 2 aromatic carbocycles. The maximum absolute atomic E-state index is 12.7. The highest BCUT2D eigenvalue weighted by Crippen LogP contribution is 2.17. The lowest BCUT2D eigenvalue weighted by Gasteiger charge is -2.30. The average Bonchev–Trinajstić information content (AvgIpc) is 2.75. The lowest BCUT2D eigenvalue weighted by Crippen LogP contribution is -2.47. The third kappa shape index (κ3) is 6.29. The van der Waals surface area contributed by atoms with E-state index in [-0.39, 0.29) is 12.5 Å². The van der Waals surface area contributed by atoms with Gasteiger partial charge in [-0.25, -0.2) is 0 Å². The summed E-state index contributed by atoms with van der Waals surface area (Å²) in [4.78, 5) is 15.1. The van der Waals surface area contributed by atoms with Crippen LogP contribution in [0.3, 0.4) is 0 Å². The Morgan fingerprint density at radius 3 is 2.41 bits per heavy atom. The van der Waals surface area contributed by atoms with Crippen molar-refractivity contribution in [2.24, 2.45) is 5.73 Å². The number of anilines is 1. The van der Waals surface area contributed by atoms with Crippen LogP contribution >= 0.6 is 0 Å². The summed E-state index contributed by atoms with van der Waals surface area (Å²) in [5, 5.41) is 16.8. The van der Waals surface area contributed by atoms with Gasteiger partial charge in [-0.15, -0.1) is 0 Å². The van der Waals surface area contributed by atoms with Crippen LogP contribution < -0.4 is 16.4 Å². The molecule has 1 amide bonds. The fourth-order valence-corrected chi connectivity index (χ4v) is 3.67. The number of amides is 1. The number of carbonyl (C=O) groups excluding carboxylic acids is 1. The molecule has 2 aromatic rings. The Labute approximate surface area is 173 Å². The summed E-state index contributed by atoms with van der Waals surface area (Å²) in [6, 6.07) is 17.3. The van der Waals surface area contributed by atoms with Gasteiger partial charge in [0.15, 0.2) is 0 Å². The zero-order valence-corrected chi connectivity index (χ0v) is 17.1. The Morgan fingerprint density at radius 2 is 1.79 bits per heavy atom. The molecule has 6 nitrogen and oxygen atoms in total. The maximum Gasteiger partial charge on any atom is 0.251 e. The van der Waals surface area contributed by atoms with E-state index in [1.54, 1.807) is 0 Å². The van der Waals surface area contributed by atoms with Crippen molar-refractivity contribution in [3.05, 3.63) is 65.7 Å². The number of hydrogen-bond acceptors (Lipinski definition) is 5. The third-order valence-corrected chi connectivity index (χ3v) is 5.56. The van der Waals surface area contributed by atoms with Crippen molar-refractivity contribution in [2.45, 2.75) is 37.5 Å². The molecular weight excluding hydrogens is 364 g/mol. The number of aliphatic hydroxyl groups excluding tert-OH is 1. The molecule has 1 aliphatic rings. The minimum atomic E-state index is -0.801. The van der Waals surface area contributed by atoms with Gasteiger partial charge in [-0.3, -0.25) is 4.79 Å². The molecule has 1 saturated heterocycles. The van der Waals surface area contributed by atoms with Crippen LogP contribution in [0.15, 0.2) is 54.6 Å². The smallest absolute Gasteiger partial charge is 0.251 e. The first-order valence-electron chi connectivity index (χ1n) is 10.3. The van der Waals surface area contributed by atoms with Crippen LogP contribution in [0.1, 0.15) is 28.8 Å². The van der Waals surface area contributed by atoms with E-state index in [9.17, 15) is 9.90 Å². The second-order valence-electron chi connectivity index (χ2n) is 7.87. The molecule has 6 heteroatoms. The molecule has 0 aromatic heterocycles. The largest absolute Gasteiger partial charge is 0.390 e. The van der Waals surface area contributed by atoms with Crippen molar-refractivity contribution in [2.75, 3.05) is 32.0 Å². The van der Waals surface area contributed by atoms with Crippen LogP contribution in [0.25, 0.3) is 0 Å². The second kappa shape index (κ2) is 10.4. The van der Waals surface area contributed by atoms with E-state index in [0.29, 0.717) is 18.0 Å². The number of nitrogens with one attached hydrogen (secondary N) is 2. The molecule has 0 bridgehead atoms. The van der Waals surface area contributed by atoms with Crippen LogP contribution in [0.4, 0.5) is 5.69 Å². The number of piperidine rings is 1. The summed E-state index contributed by atoms with van der Waals surface area (Å²) < 4.78 is 0. The van der Waals surface area contributed by atoms with Crippen molar-refractivity contribution >= 4 is 11.6 Å². The monoisotopic (exact) mass is 396 g/mol. The van der Waals surface area contributed by atoms with Gasteiger partial charge in [0, 0.05) is 23.8 Å². The van der Waals surface area contributed by atoms with Crippen molar-refractivity contribution in [3.63, 3.8) is 0 Å². The van der Waals surface area contributed by atoms with Gasteiger partial charge in [0.2, 0.25) is 0 Å². The number of aliphatic hydroxyl groups is 1. The number of nitrogens with two attached hydrogens (primary N) is 1. The molecule has 1 aliphatic heterocycles. The molecule has 156 valence electrons. The highest BCUT2D eigenvalue weighted by atomic mass is 16.3. The molecule has 0 aliphatic carbocycles. The van der Waals surface area contributed by atoms with Gasteiger partial charge in [-0.2, -0.15) is 0 Å². The molecule has 1 heterocycles. The minimum Gasteiger partial charge on any atom is -0.390 e. The van der Waals surface area contributed by atoms with Crippen LogP contribution in [0.5, 0.6) is 0 Å². The number of benzene rings is 2. The summed E-state index contributed by atoms with van der Waals surface area (Å²) in [7, 11) is 2.15. The summed E-state index contributed by atoms with van der Waals surface area (Å²) in [5.41, 5.74) is 8.29. The molecule has 2 atom stereocenters. The van der Waals surface area contributed by atoms with Crippen molar-refractivity contribution in [1.29, 1.82) is 0 Å². The fraction of sp³-hybridized carbons (Fsp3) is 0.435. The van der Waals surface area contributed by atoms with E-state index < -0.39 is 12.1 Å². The summed E-state index contributed by atoms with van der Waals surface area (Å²) in [5.74, 6) is -0.204. The van der Waals surface area contributed by atoms with Crippen molar-refractivity contribution in [3.8, 4) is 0 Å². The van der Waals surface area contributed by atoms with Crippen LogP contribution in [-0.4, -0.2) is 60.8 Å². The lowest BCUT2D eigenvalue weighted by atomic mass is 10.0. The van der Waals surface area contributed by atoms with E-state index >= 15 is 0 Å². The topological polar surface area (TPSA) is 90.6 Å². The van der Waals surface area contributed by atoms with Gasteiger partial charge >= 0.3 is 0 Å². The van der Waals surface area contributed by atoms with Gasteiger partial charge in [-0.1, -0.05) is 30.3 Å². The molecule has 0 unspecified atom stereocenters. The molecule has 29 heavy (non-hydrogen) atoms. The second-order valence-corrected chi connectivity index (χ2v) is 7.87. The Hall–Kier alpha value is -2.41. The van der Waals surface area contributed by atoms with Crippen molar-refractivity contribution < 1.29 is 9.90 Å². The highest BCUT2D eigenvalue weighted by Gasteiger charge is 2.21. The lowest BCUT2D eigenvalue weighted by molar-refractivity contribution is 0.0845. The maximum atomic E-state index is 12.7. The molecular formula is C23H32N4O2. The number of likely N-dealkylation sites (tertiary alicyclic amines) is 1. The van der Waals surface area contributed by atoms with Gasteiger partial charge in [0.1, 0.15) is 0 Å². The normalized spacial score (nSPS) is 17.5. The molecule has 1 fully saturated rings. The standard InChI is InChI=1S/C23H32N4O2/c1-27-13-11-20(12-14-27)25-19-9-7-18(8-10-19)23(29)26-21(22(28)16-24)15-17-5-3-2-4-6-17/h2-10,20-22,25,28H,11-16,24H2,1H3,(H,26,29)/t21-,22+/m0/s1. The summed E-state index contributed by atoms with van der Waals surface area (Å²) in [6.07, 6.45) is 1.97. The first-order valence-corrected chi connectivity index (χ1v) is 10.3. The van der Waals surface area contributed by atoms with Crippen LogP contribution in [0.2, 0.25) is 0 Å². The number of rotatable bonds is 8. The number of carbonyl (C=O) groups is 1. The Balaban J connectivity index is 1.59. The van der Waals surface area contributed by atoms with E-state index in [1.807, 2.05) is 54.6 Å². The van der Waals surface area contributed by atoms with Gasteiger partial charge in [0.05, 0.1) is 12.1 Å². The molecule has 3 rings (SSSR count). The first-order chi connectivity index (χ1) is 14.0. The summed E-state index contributed by atoms with van der Waals surface area (Å²) in [6.45, 7) is 2.30. The van der Waals surface area contributed by atoms with Gasteiger partial charge in [-0.05, 0) is 69.2 Å². The van der Waals surface area contributed by atoms with E-state index in [2.05, 4.69) is 22.6 Å². The minimum absolute atomic E-state index is 0.0945. The molecule has 0 saturated carbocycles. The fourth-order valence-electron chi connectivity index (χ4n) is 3.67. The van der Waals surface area contributed by atoms with E-state index in [4.69, 9.17) is 5.73 Å². The molecule has 0 spiro atoms. The predicted octanol–water partition coefficient (Wildman–Crippen LogP) is 1.85. The predicted molar refractivity (Wildman–Crippen MR) is 117 cm³/mol. The van der Waals surface area contributed by atoms with Crippen LogP contribution in [0, 0.1) is 0 Å². The Morgan fingerprint density at radius 1 is 1.14 bits per heavy atom. The Kier molecular flexibility index (Phi) is 7.63. The third-order valence-electron chi connectivity index (χ3n) is 5.56. The zero-order valence-electron chi connectivity index (χ0n) is 17.1. The highest BCUT2D eigenvalue weighted by molar-refractivity contribution is 5.94. The average molecular weight is 397 g/mol. The summed E-state index contributed by atoms with van der Waals surface area (Å²) >= 11 is 0. The van der Waals surface area contributed by atoms with Crippen LogP contribution in [-0.2, 0) is 6.42 Å². The van der Waals surface area contributed by atoms with Crippen molar-refractivity contribution in [1.82, 2.24) is 10.2 Å². The van der Waals surface area contributed by atoms with Gasteiger partial charge in [0.25, 0.3) is 5.91 Å². The SMILES string of the molecule is CN1CCC(Nc2ccc(C(=O)N[C@@H](Cc3ccccc3)[C@H](O)CN)cc2)CC1. The molecule has 0 radical (unpaired) electrons. The van der Waals surface area contributed by atoms with Gasteiger partial charge < -0.3 is 26.4 Å². The Bertz CT molecular complexity index is 758. The first kappa shape index (κ1) is 21.3. The number of hydrogen-bond donors (Lipinski definition) is 4. The number of nitrogens with zero attached hydrogens (tertiary/aromatic N) is 1.